The van der Waals surface area contributed by atoms with Crippen LogP contribution in [-0.4, -0.2) is 21.8 Å². The number of nitrogens with zero attached hydrogens (tertiary/aromatic N) is 2. The Labute approximate surface area is 97.7 Å². The molecular formula is C11H12N2O2S. The minimum absolute atomic E-state index is 0.508. The lowest BCUT2D eigenvalue weighted by Gasteiger charge is -2.11. The van der Waals surface area contributed by atoms with Crippen molar-refractivity contribution in [2.75, 3.05) is 7.11 Å². The number of ether oxygens (including phenoxy) is 1. The van der Waals surface area contributed by atoms with Gasteiger partial charge in [0.1, 0.15) is 5.75 Å². The van der Waals surface area contributed by atoms with E-state index in [-0.39, 0.29) is 0 Å². The maximum atomic E-state index is 9.96. The molecule has 0 bridgehead atoms. The van der Waals surface area contributed by atoms with Gasteiger partial charge in [0.05, 0.1) is 24.3 Å². The molecule has 0 aliphatic heterocycles. The highest BCUT2D eigenvalue weighted by Gasteiger charge is 2.13. The van der Waals surface area contributed by atoms with E-state index in [0.29, 0.717) is 6.42 Å². The number of hydrogen-bond donors (Lipinski definition) is 1. The van der Waals surface area contributed by atoms with Crippen molar-refractivity contribution in [2.45, 2.75) is 12.5 Å². The minimum atomic E-state index is -0.573. The van der Waals surface area contributed by atoms with Gasteiger partial charge in [-0.3, -0.25) is 0 Å². The molecule has 1 aromatic carbocycles. The lowest BCUT2D eigenvalue weighted by atomic mass is 10.1. The first kappa shape index (κ1) is 11.0. The van der Waals surface area contributed by atoms with Crippen LogP contribution in [0.5, 0.6) is 5.75 Å². The van der Waals surface area contributed by atoms with Gasteiger partial charge in [-0.15, -0.1) is 5.10 Å². The van der Waals surface area contributed by atoms with Crippen LogP contribution >= 0.6 is 11.5 Å². The Kier molecular flexibility index (Phi) is 3.48. The zero-order chi connectivity index (χ0) is 11.4. The van der Waals surface area contributed by atoms with Crippen molar-refractivity contribution >= 4 is 11.5 Å². The molecule has 84 valence electrons. The molecule has 0 aliphatic rings. The highest BCUT2D eigenvalue weighted by Crippen LogP contribution is 2.25. The Morgan fingerprint density at radius 1 is 1.44 bits per heavy atom. The second kappa shape index (κ2) is 5.05. The van der Waals surface area contributed by atoms with Crippen molar-refractivity contribution in [1.82, 2.24) is 9.59 Å². The molecule has 5 heteroatoms. The number of para-hydroxylation sites is 1. The predicted molar refractivity (Wildman–Crippen MR) is 61.6 cm³/mol. The topological polar surface area (TPSA) is 55.2 Å². The maximum absolute atomic E-state index is 9.96. The maximum Gasteiger partial charge on any atom is 0.122 e. The molecule has 4 nitrogen and oxygen atoms in total. The smallest absolute Gasteiger partial charge is 0.122 e. The fourth-order valence-electron chi connectivity index (χ4n) is 1.50. The van der Waals surface area contributed by atoms with Crippen LogP contribution in [0.15, 0.2) is 30.5 Å². The third-order valence-electron chi connectivity index (χ3n) is 2.31. The van der Waals surface area contributed by atoms with E-state index in [9.17, 15) is 5.11 Å². The standard InChI is InChI=1S/C11H12N2O2S/c1-15-10-5-3-2-4-8(10)6-9(14)11-7-12-13-16-11/h2-5,7,9,14H,6H2,1H3. The second-order valence-electron chi connectivity index (χ2n) is 3.35. The summed E-state index contributed by atoms with van der Waals surface area (Å²) in [4.78, 5) is 0.769. The largest absolute Gasteiger partial charge is 0.496 e. The van der Waals surface area contributed by atoms with Gasteiger partial charge in [-0.25, -0.2) is 0 Å². The molecule has 2 rings (SSSR count). The lowest BCUT2D eigenvalue weighted by Crippen LogP contribution is -2.01. The van der Waals surface area contributed by atoms with Gasteiger partial charge < -0.3 is 9.84 Å². The van der Waals surface area contributed by atoms with Gasteiger partial charge in [-0.2, -0.15) is 0 Å². The van der Waals surface area contributed by atoms with Gasteiger partial charge in [0.2, 0.25) is 0 Å². The highest BCUT2D eigenvalue weighted by molar-refractivity contribution is 7.05. The molecule has 1 heterocycles. The van der Waals surface area contributed by atoms with Crippen molar-refractivity contribution < 1.29 is 9.84 Å². The second-order valence-corrected chi connectivity index (χ2v) is 4.17. The van der Waals surface area contributed by atoms with Crippen LogP contribution in [0.2, 0.25) is 0 Å². The Balaban J connectivity index is 2.14. The van der Waals surface area contributed by atoms with Crippen molar-refractivity contribution in [2.24, 2.45) is 0 Å². The quantitative estimate of drug-likeness (QED) is 0.879. The summed E-state index contributed by atoms with van der Waals surface area (Å²) in [5, 5.41) is 13.7. The van der Waals surface area contributed by atoms with Crippen LogP contribution in [0.25, 0.3) is 0 Å². The molecular weight excluding hydrogens is 224 g/mol. The molecule has 1 aromatic heterocycles. The Bertz CT molecular complexity index is 445. The zero-order valence-corrected chi connectivity index (χ0v) is 9.65. The average Bonchev–Trinajstić information content (AvgIpc) is 2.83. The molecule has 2 aromatic rings. The third kappa shape index (κ3) is 2.37. The molecule has 1 atom stereocenters. The van der Waals surface area contributed by atoms with Crippen molar-refractivity contribution in [3.05, 3.63) is 40.9 Å². The van der Waals surface area contributed by atoms with Crippen molar-refractivity contribution in [3.63, 3.8) is 0 Å². The van der Waals surface area contributed by atoms with Gasteiger partial charge in [0.25, 0.3) is 0 Å². The van der Waals surface area contributed by atoms with E-state index in [1.165, 1.54) is 11.5 Å². The van der Waals surface area contributed by atoms with Gasteiger partial charge in [0, 0.05) is 6.42 Å². The first-order valence-electron chi connectivity index (χ1n) is 4.88. The van der Waals surface area contributed by atoms with E-state index >= 15 is 0 Å². The summed E-state index contributed by atoms with van der Waals surface area (Å²) in [6.45, 7) is 0. The molecule has 0 fully saturated rings. The van der Waals surface area contributed by atoms with Crippen LogP contribution in [-0.2, 0) is 6.42 Å². The van der Waals surface area contributed by atoms with Crippen LogP contribution in [0, 0.1) is 0 Å². The van der Waals surface area contributed by atoms with Crippen LogP contribution in [0.3, 0.4) is 0 Å². The van der Waals surface area contributed by atoms with Gasteiger partial charge in [-0.05, 0) is 23.2 Å². The summed E-state index contributed by atoms with van der Waals surface area (Å²) in [5.41, 5.74) is 0.978. The number of methoxy groups -OCH3 is 1. The summed E-state index contributed by atoms with van der Waals surface area (Å²) >= 11 is 1.21. The zero-order valence-electron chi connectivity index (χ0n) is 8.83. The number of rotatable bonds is 4. The van der Waals surface area contributed by atoms with E-state index < -0.39 is 6.10 Å². The first-order valence-corrected chi connectivity index (χ1v) is 5.66. The Morgan fingerprint density at radius 3 is 2.94 bits per heavy atom. The monoisotopic (exact) mass is 236 g/mol. The molecule has 0 radical (unpaired) electrons. The molecule has 1 unspecified atom stereocenters. The fourth-order valence-corrected chi connectivity index (χ4v) is 1.99. The van der Waals surface area contributed by atoms with Gasteiger partial charge >= 0.3 is 0 Å². The Morgan fingerprint density at radius 2 is 2.25 bits per heavy atom. The molecule has 1 N–H and O–H groups in total. The minimum Gasteiger partial charge on any atom is -0.496 e. The number of hydrogen-bond acceptors (Lipinski definition) is 5. The summed E-state index contributed by atoms with van der Waals surface area (Å²) in [6.07, 6.45) is 1.52. The van der Waals surface area contributed by atoms with Gasteiger partial charge in [-0.1, -0.05) is 22.7 Å². The van der Waals surface area contributed by atoms with Crippen LogP contribution < -0.4 is 4.74 Å². The van der Waals surface area contributed by atoms with Crippen LogP contribution in [0.1, 0.15) is 16.5 Å². The molecule has 0 spiro atoms. The molecule has 0 amide bonds. The van der Waals surface area contributed by atoms with E-state index in [2.05, 4.69) is 9.59 Å². The Hall–Kier alpha value is -1.46. The summed E-state index contributed by atoms with van der Waals surface area (Å²) in [6, 6.07) is 7.65. The number of aliphatic hydroxyl groups is 1. The highest BCUT2D eigenvalue weighted by atomic mass is 32.1. The molecule has 0 aliphatic carbocycles. The molecule has 0 saturated heterocycles. The number of aliphatic hydroxyl groups excluding tert-OH is 1. The van der Waals surface area contributed by atoms with Crippen LogP contribution in [0.4, 0.5) is 0 Å². The normalized spacial score (nSPS) is 12.4. The molecule has 0 saturated carbocycles. The van der Waals surface area contributed by atoms with E-state index in [4.69, 9.17) is 4.74 Å². The number of aromatic nitrogens is 2. The van der Waals surface area contributed by atoms with E-state index in [1.807, 2.05) is 24.3 Å². The molecule has 16 heavy (non-hydrogen) atoms. The summed E-state index contributed by atoms with van der Waals surface area (Å²) < 4.78 is 8.95. The fraction of sp³-hybridized carbons (Fsp3) is 0.273. The predicted octanol–water partition coefficient (Wildman–Crippen LogP) is 1.82. The average molecular weight is 236 g/mol. The van der Waals surface area contributed by atoms with E-state index in [1.54, 1.807) is 13.3 Å². The van der Waals surface area contributed by atoms with Gasteiger partial charge in [0.15, 0.2) is 0 Å². The third-order valence-corrected chi connectivity index (χ3v) is 3.08. The lowest BCUT2D eigenvalue weighted by molar-refractivity contribution is 0.181. The van der Waals surface area contributed by atoms with E-state index in [0.717, 1.165) is 16.2 Å². The summed E-state index contributed by atoms with van der Waals surface area (Å²) in [7, 11) is 1.62. The van der Waals surface area contributed by atoms with Crippen molar-refractivity contribution in [1.29, 1.82) is 0 Å². The number of benzene rings is 1. The van der Waals surface area contributed by atoms with Crippen molar-refractivity contribution in [3.8, 4) is 5.75 Å². The first-order chi connectivity index (χ1) is 7.81. The SMILES string of the molecule is COc1ccccc1CC(O)c1cnns1. The summed E-state index contributed by atoms with van der Waals surface area (Å²) in [5.74, 6) is 0.791.